The van der Waals surface area contributed by atoms with Gasteiger partial charge in [0.2, 0.25) is 0 Å². The van der Waals surface area contributed by atoms with Crippen molar-refractivity contribution in [1.29, 1.82) is 0 Å². The Labute approximate surface area is 170 Å². The summed E-state index contributed by atoms with van der Waals surface area (Å²) in [7, 11) is 1.29. The third-order valence-corrected chi connectivity index (χ3v) is 4.09. The molecule has 7 heteroatoms. The molecular weight excluding hydrogens is 374 g/mol. The molecule has 0 aliphatic heterocycles. The Morgan fingerprint density at radius 3 is 2.31 bits per heavy atom. The molecule has 0 spiro atoms. The third kappa shape index (κ3) is 6.64. The standard InChI is InChI=1S/C22H25NO6/c1-14(2)18-10-5-15(3)11-19(18)28-13-21(25)29-12-20(24)23-17-8-6-16(7-9-17)22(26)27-4/h5-11,14H,12-13H2,1-4H3,(H,23,24). The van der Waals surface area contributed by atoms with Crippen LogP contribution in [-0.2, 0) is 19.1 Å². The van der Waals surface area contributed by atoms with E-state index in [2.05, 4.69) is 10.1 Å². The van der Waals surface area contributed by atoms with Gasteiger partial charge in [-0.05, 0) is 54.3 Å². The van der Waals surface area contributed by atoms with Crippen molar-refractivity contribution in [2.45, 2.75) is 26.7 Å². The molecule has 2 aromatic rings. The SMILES string of the molecule is COC(=O)c1ccc(NC(=O)COC(=O)COc2cc(C)ccc2C(C)C)cc1. The molecule has 29 heavy (non-hydrogen) atoms. The van der Waals surface area contributed by atoms with Gasteiger partial charge in [0, 0.05) is 5.69 Å². The van der Waals surface area contributed by atoms with Crippen LogP contribution in [0.5, 0.6) is 5.75 Å². The number of ether oxygens (including phenoxy) is 3. The van der Waals surface area contributed by atoms with E-state index in [0.29, 0.717) is 17.0 Å². The lowest BCUT2D eigenvalue weighted by Gasteiger charge is -2.14. The van der Waals surface area contributed by atoms with Gasteiger partial charge < -0.3 is 19.5 Å². The zero-order valence-corrected chi connectivity index (χ0v) is 17.0. The first kappa shape index (κ1) is 21.9. The normalized spacial score (nSPS) is 10.4. The van der Waals surface area contributed by atoms with Crippen molar-refractivity contribution in [2.24, 2.45) is 0 Å². The maximum absolute atomic E-state index is 11.9. The molecule has 2 rings (SSSR count). The second-order valence-electron chi connectivity index (χ2n) is 6.76. The number of nitrogens with one attached hydrogen (secondary N) is 1. The zero-order valence-electron chi connectivity index (χ0n) is 17.0. The molecule has 154 valence electrons. The lowest BCUT2D eigenvalue weighted by molar-refractivity contribution is -0.149. The maximum atomic E-state index is 11.9. The van der Waals surface area contributed by atoms with Crippen LogP contribution >= 0.6 is 0 Å². The predicted molar refractivity (Wildman–Crippen MR) is 108 cm³/mol. The Balaban J connectivity index is 1.81. The molecule has 1 amide bonds. The highest BCUT2D eigenvalue weighted by molar-refractivity contribution is 5.94. The molecule has 2 aromatic carbocycles. The summed E-state index contributed by atoms with van der Waals surface area (Å²) in [5, 5.41) is 2.58. The first-order valence-corrected chi connectivity index (χ1v) is 9.17. The minimum atomic E-state index is -0.641. The van der Waals surface area contributed by atoms with E-state index in [0.717, 1.165) is 11.1 Å². The molecule has 0 saturated heterocycles. The molecule has 0 unspecified atom stereocenters. The van der Waals surface area contributed by atoms with Gasteiger partial charge >= 0.3 is 11.9 Å². The molecular formula is C22H25NO6. The highest BCUT2D eigenvalue weighted by Gasteiger charge is 2.13. The summed E-state index contributed by atoms with van der Waals surface area (Å²) < 4.78 is 15.2. The minimum Gasteiger partial charge on any atom is -0.482 e. The Morgan fingerprint density at radius 1 is 1.00 bits per heavy atom. The quantitative estimate of drug-likeness (QED) is 0.684. The molecule has 0 fully saturated rings. The predicted octanol–water partition coefficient (Wildman–Crippen LogP) is 3.47. The average molecular weight is 399 g/mol. The number of anilines is 1. The molecule has 0 radical (unpaired) electrons. The van der Waals surface area contributed by atoms with Crippen molar-refractivity contribution >= 4 is 23.5 Å². The largest absolute Gasteiger partial charge is 0.482 e. The van der Waals surface area contributed by atoms with Gasteiger partial charge in [0.15, 0.2) is 13.2 Å². The molecule has 1 N–H and O–H groups in total. The van der Waals surface area contributed by atoms with Gasteiger partial charge in [-0.3, -0.25) is 4.79 Å². The van der Waals surface area contributed by atoms with Gasteiger partial charge in [-0.25, -0.2) is 9.59 Å². The number of rotatable bonds is 8. The van der Waals surface area contributed by atoms with E-state index < -0.39 is 24.5 Å². The number of amides is 1. The van der Waals surface area contributed by atoms with Gasteiger partial charge in [-0.2, -0.15) is 0 Å². The van der Waals surface area contributed by atoms with E-state index in [1.165, 1.54) is 19.2 Å². The summed E-state index contributed by atoms with van der Waals surface area (Å²) in [6, 6.07) is 12.0. The van der Waals surface area contributed by atoms with Gasteiger partial charge in [0.1, 0.15) is 5.75 Å². The monoisotopic (exact) mass is 399 g/mol. The summed E-state index contributed by atoms with van der Waals surface area (Å²) in [6.07, 6.45) is 0. The van der Waals surface area contributed by atoms with Crippen LogP contribution in [0.1, 0.15) is 41.3 Å². The fraction of sp³-hybridized carbons (Fsp3) is 0.318. The average Bonchev–Trinajstić information content (AvgIpc) is 2.70. The minimum absolute atomic E-state index is 0.248. The van der Waals surface area contributed by atoms with Crippen LogP contribution < -0.4 is 10.1 Å². The molecule has 0 bridgehead atoms. The van der Waals surface area contributed by atoms with Crippen LogP contribution in [0.3, 0.4) is 0 Å². The molecule has 7 nitrogen and oxygen atoms in total. The van der Waals surface area contributed by atoms with E-state index in [1.807, 2.05) is 39.0 Å². The Kier molecular flexibility index (Phi) is 7.77. The lowest BCUT2D eigenvalue weighted by Crippen LogP contribution is -2.23. The van der Waals surface area contributed by atoms with Crippen LogP contribution in [-0.4, -0.2) is 38.2 Å². The van der Waals surface area contributed by atoms with Crippen molar-refractivity contribution in [3.05, 3.63) is 59.2 Å². The van der Waals surface area contributed by atoms with Crippen molar-refractivity contribution in [3.63, 3.8) is 0 Å². The summed E-state index contributed by atoms with van der Waals surface area (Å²) in [6.45, 7) is 5.29. The molecule has 0 aliphatic rings. The van der Waals surface area contributed by atoms with Gasteiger partial charge in [-0.1, -0.05) is 26.0 Å². The summed E-state index contributed by atoms with van der Waals surface area (Å²) in [5.74, 6) is -0.726. The number of methoxy groups -OCH3 is 1. The number of benzene rings is 2. The first-order chi connectivity index (χ1) is 13.8. The number of carbonyl (C=O) groups excluding carboxylic acids is 3. The van der Waals surface area contributed by atoms with Crippen molar-refractivity contribution in [1.82, 2.24) is 0 Å². The summed E-state index contributed by atoms with van der Waals surface area (Å²) in [5.41, 5.74) is 2.86. The fourth-order valence-electron chi connectivity index (χ4n) is 2.57. The second kappa shape index (κ2) is 10.3. The summed E-state index contributed by atoms with van der Waals surface area (Å²) >= 11 is 0. The van der Waals surface area contributed by atoms with Gasteiger partial charge in [0.05, 0.1) is 12.7 Å². The lowest BCUT2D eigenvalue weighted by atomic mass is 10.0. The molecule has 0 aliphatic carbocycles. The van der Waals surface area contributed by atoms with Crippen LogP contribution in [0.25, 0.3) is 0 Å². The first-order valence-electron chi connectivity index (χ1n) is 9.17. The highest BCUT2D eigenvalue weighted by atomic mass is 16.6. The fourth-order valence-corrected chi connectivity index (χ4v) is 2.57. The number of aryl methyl sites for hydroxylation is 1. The van der Waals surface area contributed by atoms with Crippen molar-refractivity contribution in [2.75, 3.05) is 25.6 Å². The second-order valence-corrected chi connectivity index (χ2v) is 6.76. The number of esters is 2. The molecule has 0 saturated carbocycles. The summed E-state index contributed by atoms with van der Waals surface area (Å²) in [4.78, 5) is 35.2. The van der Waals surface area contributed by atoms with Crippen LogP contribution in [0.2, 0.25) is 0 Å². The van der Waals surface area contributed by atoms with E-state index in [-0.39, 0.29) is 12.5 Å². The van der Waals surface area contributed by atoms with Gasteiger partial charge in [-0.15, -0.1) is 0 Å². The van der Waals surface area contributed by atoms with E-state index in [9.17, 15) is 14.4 Å². The van der Waals surface area contributed by atoms with Gasteiger partial charge in [0.25, 0.3) is 5.91 Å². The molecule has 0 atom stereocenters. The third-order valence-electron chi connectivity index (χ3n) is 4.09. The van der Waals surface area contributed by atoms with Crippen molar-refractivity contribution < 1.29 is 28.6 Å². The van der Waals surface area contributed by atoms with Crippen LogP contribution in [0.4, 0.5) is 5.69 Å². The topological polar surface area (TPSA) is 90.9 Å². The smallest absolute Gasteiger partial charge is 0.344 e. The van der Waals surface area contributed by atoms with Crippen LogP contribution in [0, 0.1) is 6.92 Å². The Hall–Kier alpha value is -3.35. The van der Waals surface area contributed by atoms with E-state index >= 15 is 0 Å². The number of hydrogen-bond acceptors (Lipinski definition) is 6. The van der Waals surface area contributed by atoms with Crippen molar-refractivity contribution in [3.8, 4) is 5.75 Å². The molecule has 0 heterocycles. The maximum Gasteiger partial charge on any atom is 0.344 e. The van der Waals surface area contributed by atoms with E-state index in [1.54, 1.807) is 12.1 Å². The number of carbonyl (C=O) groups is 3. The molecule has 0 aromatic heterocycles. The Bertz CT molecular complexity index is 873. The number of hydrogen-bond donors (Lipinski definition) is 1. The zero-order chi connectivity index (χ0) is 21.4. The Morgan fingerprint density at radius 2 is 1.69 bits per heavy atom. The highest BCUT2D eigenvalue weighted by Crippen LogP contribution is 2.27. The van der Waals surface area contributed by atoms with E-state index in [4.69, 9.17) is 9.47 Å². The van der Waals surface area contributed by atoms with Crippen LogP contribution in [0.15, 0.2) is 42.5 Å².